The molecule has 0 fully saturated rings. The van der Waals surface area contributed by atoms with E-state index in [1.807, 2.05) is 0 Å². The Morgan fingerprint density at radius 3 is 1.78 bits per heavy atom. The summed E-state index contributed by atoms with van der Waals surface area (Å²) in [4.78, 5) is 0. The van der Waals surface area contributed by atoms with E-state index in [1.165, 1.54) is 70.6 Å². The maximum atomic E-state index is 2.51. The topological polar surface area (TPSA) is 0 Å². The van der Waals surface area contributed by atoms with Crippen molar-refractivity contribution in [1.82, 2.24) is 0 Å². The summed E-state index contributed by atoms with van der Waals surface area (Å²) in [7, 11) is 0. The fraction of sp³-hybridized carbons (Fsp3) is 1.00. The van der Waals surface area contributed by atoms with E-state index < -0.39 is 0 Å². The van der Waals surface area contributed by atoms with Crippen molar-refractivity contribution < 1.29 is 0 Å². The van der Waals surface area contributed by atoms with Gasteiger partial charge in [0.05, 0.1) is 0 Å². The molecule has 0 N–H and O–H groups in total. The minimum atomic E-state index is 0.564. The van der Waals surface area contributed by atoms with Crippen molar-refractivity contribution in [2.75, 3.05) is 0 Å². The molecule has 0 heteroatoms. The van der Waals surface area contributed by atoms with Gasteiger partial charge in [0, 0.05) is 0 Å². The number of rotatable bonds is 12. The molecular formula is C18H38. The van der Waals surface area contributed by atoms with Gasteiger partial charge in [0.15, 0.2) is 0 Å². The summed E-state index contributed by atoms with van der Waals surface area (Å²) < 4.78 is 0. The summed E-state index contributed by atoms with van der Waals surface area (Å²) >= 11 is 0. The fourth-order valence-electron chi connectivity index (χ4n) is 3.18. The van der Waals surface area contributed by atoms with Crippen LogP contribution in [0.5, 0.6) is 0 Å². The second kappa shape index (κ2) is 10.9. The molecule has 0 spiro atoms. The van der Waals surface area contributed by atoms with Crippen molar-refractivity contribution in [2.45, 2.75) is 105 Å². The third-order valence-electron chi connectivity index (χ3n) is 4.68. The Labute approximate surface area is 117 Å². The first kappa shape index (κ1) is 18.0. The molecule has 0 aliphatic heterocycles. The highest BCUT2D eigenvalue weighted by Gasteiger charge is 2.26. The first-order chi connectivity index (χ1) is 8.58. The lowest BCUT2D eigenvalue weighted by molar-refractivity contribution is 0.167. The average Bonchev–Trinajstić information content (AvgIpc) is 2.34. The summed E-state index contributed by atoms with van der Waals surface area (Å²) in [6, 6.07) is 0. The van der Waals surface area contributed by atoms with Crippen molar-refractivity contribution >= 4 is 0 Å². The van der Waals surface area contributed by atoms with Crippen LogP contribution in [-0.2, 0) is 0 Å². The molecule has 0 heterocycles. The predicted molar refractivity (Wildman–Crippen MR) is 85.1 cm³/mol. The largest absolute Gasteiger partial charge is 0.0654 e. The molecule has 0 saturated heterocycles. The van der Waals surface area contributed by atoms with Gasteiger partial charge in [-0.1, -0.05) is 92.4 Å². The van der Waals surface area contributed by atoms with Crippen molar-refractivity contribution in [3.8, 4) is 0 Å². The van der Waals surface area contributed by atoms with Gasteiger partial charge >= 0.3 is 0 Å². The molecule has 110 valence electrons. The van der Waals surface area contributed by atoms with E-state index in [2.05, 4.69) is 34.6 Å². The highest BCUT2D eigenvalue weighted by Crippen LogP contribution is 2.38. The zero-order valence-electron chi connectivity index (χ0n) is 13.9. The van der Waals surface area contributed by atoms with Crippen molar-refractivity contribution in [3.05, 3.63) is 0 Å². The SMILES string of the molecule is CCCCCCC(CC)C(C)(C)CCCCCC. The normalized spacial score (nSPS) is 13.8. The maximum absolute atomic E-state index is 2.51. The fourth-order valence-corrected chi connectivity index (χ4v) is 3.18. The summed E-state index contributed by atoms with van der Waals surface area (Å²) in [5, 5.41) is 0. The number of hydrogen-bond acceptors (Lipinski definition) is 0. The van der Waals surface area contributed by atoms with Crippen LogP contribution in [0.4, 0.5) is 0 Å². The molecular weight excluding hydrogens is 216 g/mol. The van der Waals surface area contributed by atoms with Crippen LogP contribution in [0.15, 0.2) is 0 Å². The summed E-state index contributed by atoms with van der Waals surface area (Å²) in [6.45, 7) is 12.0. The van der Waals surface area contributed by atoms with Crippen LogP contribution >= 0.6 is 0 Å². The van der Waals surface area contributed by atoms with Gasteiger partial charge in [0.2, 0.25) is 0 Å². The lowest BCUT2D eigenvalue weighted by atomic mass is 9.71. The van der Waals surface area contributed by atoms with E-state index in [1.54, 1.807) is 0 Å². The molecule has 0 aliphatic carbocycles. The smallest absolute Gasteiger partial charge is 0.0326 e. The van der Waals surface area contributed by atoms with Crippen LogP contribution in [0.3, 0.4) is 0 Å². The quantitative estimate of drug-likeness (QED) is 0.329. The van der Waals surface area contributed by atoms with E-state index in [4.69, 9.17) is 0 Å². The summed E-state index contributed by atoms with van der Waals surface area (Å²) in [5.74, 6) is 0.941. The van der Waals surface area contributed by atoms with Crippen LogP contribution in [0.1, 0.15) is 105 Å². The lowest BCUT2D eigenvalue weighted by Gasteiger charge is -2.34. The van der Waals surface area contributed by atoms with Gasteiger partial charge in [-0.3, -0.25) is 0 Å². The first-order valence-corrected chi connectivity index (χ1v) is 8.58. The lowest BCUT2D eigenvalue weighted by Crippen LogP contribution is -2.23. The third kappa shape index (κ3) is 8.16. The molecule has 0 aliphatic rings. The molecule has 0 aromatic carbocycles. The van der Waals surface area contributed by atoms with Crippen LogP contribution in [-0.4, -0.2) is 0 Å². The van der Waals surface area contributed by atoms with Gasteiger partial charge in [-0.15, -0.1) is 0 Å². The second-order valence-electron chi connectivity index (χ2n) is 6.75. The van der Waals surface area contributed by atoms with Crippen LogP contribution in [0, 0.1) is 11.3 Å². The molecule has 0 aromatic heterocycles. The van der Waals surface area contributed by atoms with Gasteiger partial charge in [-0.2, -0.15) is 0 Å². The molecule has 0 aromatic rings. The zero-order chi connectivity index (χ0) is 13.9. The van der Waals surface area contributed by atoms with Gasteiger partial charge < -0.3 is 0 Å². The van der Waals surface area contributed by atoms with Crippen molar-refractivity contribution in [1.29, 1.82) is 0 Å². The third-order valence-corrected chi connectivity index (χ3v) is 4.68. The average molecular weight is 255 g/mol. The standard InChI is InChI=1S/C18H38/c1-6-9-11-13-15-17(8-3)18(4,5)16-14-12-10-7-2/h17H,6-16H2,1-5H3. The number of unbranched alkanes of at least 4 members (excludes halogenated alkanes) is 6. The highest BCUT2D eigenvalue weighted by atomic mass is 14.3. The molecule has 0 nitrogen and oxygen atoms in total. The van der Waals surface area contributed by atoms with E-state index in [9.17, 15) is 0 Å². The van der Waals surface area contributed by atoms with Crippen LogP contribution in [0.2, 0.25) is 0 Å². The molecule has 0 rings (SSSR count). The van der Waals surface area contributed by atoms with Crippen LogP contribution < -0.4 is 0 Å². The monoisotopic (exact) mass is 254 g/mol. The Bertz CT molecular complexity index is 169. The van der Waals surface area contributed by atoms with E-state index >= 15 is 0 Å². The Balaban J connectivity index is 3.92. The van der Waals surface area contributed by atoms with Gasteiger partial charge in [-0.05, 0) is 24.2 Å². The van der Waals surface area contributed by atoms with Crippen molar-refractivity contribution in [3.63, 3.8) is 0 Å². The Hall–Kier alpha value is 0. The predicted octanol–water partition coefficient (Wildman–Crippen LogP) is 6.98. The molecule has 0 radical (unpaired) electrons. The molecule has 0 bridgehead atoms. The molecule has 0 saturated carbocycles. The molecule has 1 unspecified atom stereocenters. The van der Waals surface area contributed by atoms with Gasteiger partial charge in [-0.25, -0.2) is 0 Å². The Morgan fingerprint density at radius 2 is 1.28 bits per heavy atom. The maximum Gasteiger partial charge on any atom is -0.0326 e. The van der Waals surface area contributed by atoms with E-state index in [-0.39, 0.29) is 0 Å². The minimum Gasteiger partial charge on any atom is -0.0654 e. The van der Waals surface area contributed by atoms with E-state index in [0.29, 0.717) is 5.41 Å². The van der Waals surface area contributed by atoms with Gasteiger partial charge in [0.25, 0.3) is 0 Å². The van der Waals surface area contributed by atoms with E-state index in [0.717, 1.165) is 5.92 Å². The Kier molecular flexibility index (Phi) is 10.9. The minimum absolute atomic E-state index is 0.564. The summed E-state index contributed by atoms with van der Waals surface area (Å²) in [6.07, 6.45) is 15.6. The number of hydrogen-bond donors (Lipinski definition) is 0. The van der Waals surface area contributed by atoms with Gasteiger partial charge in [0.1, 0.15) is 0 Å². The van der Waals surface area contributed by atoms with Crippen molar-refractivity contribution in [2.24, 2.45) is 11.3 Å². The molecule has 0 amide bonds. The zero-order valence-corrected chi connectivity index (χ0v) is 13.9. The molecule has 18 heavy (non-hydrogen) atoms. The second-order valence-corrected chi connectivity index (χ2v) is 6.75. The van der Waals surface area contributed by atoms with Crippen LogP contribution in [0.25, 0.3) is 0 Å². The molecule has 1 atom stereocenters. The summed E-state index contributed by atoms with van der Waals surface area (Å²) in [5.41, 5.74) is 0.564. The highest BCUT2D eigenvalue weighted by molar-refractivity contribution is 4.77. The Morgan fingerprint density at radius 1 is 0.722 bits per heavy atom. The first-order valence-electron chi connectivity index (χ1n) is 8.58.